The Hall–Kier alpha value is -3.13. The number of esters is 1. The minimum absolute atomic E-state index is 0.354. The second-order valence-electron chi connectivity index (χ2n) is 7.22. The molecule has 0 bridgehead atoms. The molecule has 0 fully saturated rings. The van der Waals surface area contributed by atoms with Crippen LogP contribution in [0.3, 0.4) is 0 Å². The number of ether oxygens (including phenoxy) is 2. The Kier molecular flexibility index (Phi) is 6.36. The molecule has 0 aliphatic carbocycles. The largest absolute Gasteiger partial charge is 0.489 e. The molecular weight excluding hydrogens is 460 g/mol. The number of benzene rings is 2. The van der Waals surface area contributed by atoms with Crippen molar-refractivity contribution in [2.75, 3.05) is 11.9 Å². The average Bonchev–Trinajstić information content (AvgIpc) is 3.23. The number of anilines is 1. The molecule has 1 aliphatic heterocycles. The molecule has 3 aromatic rings. The molecular formula is C23H23BrN4O3. The van der Waals surface area contributed by atoms with E-state index in [0.29, 0.717) is 30.4 Å². The van der Waals surface area contributed by atoms with Crippen LogP contribution in [0.2, 0.25) is 0 Å². The van der Waals surface area contributed by atoms with Crippen LogP contribution in [0.1, 0.15) is 37.4 Å². The van der Waals surface area contributed by atoms with Gasteiger partial charge in [0.1, 0.15) is 24.7 Å². The van der Waals surface area contributed by atoms with Crippen LogP contribution in [0.4, 0.5) is 5.95 Å². The molecule has 0 saturated carbocycles. The Labute approximate surface area is 189 Å². The first-order valence-corrected chi connectivity index (χ1v) is 10.9. The second-order valence-corrected chi connectivity index (χ2v) is 8.13. The van der Waals surface area contributed by atoms with Crippen molar-refractivity contribution in [3.63, 3.8) is 0 Å². The minimum atomic E-state index is -0.428. The summed E-state index contributed by atoms with van der Waals surface area (Å²) in [5.41, 5.74) is 3.20. The van der Waals surface area contributed by atoms with E-state index in [2.05, 4.69) is 31.3 Å². The topological polar surface area (TPSA) is 78.3 Å². The maximum absolute atomic E-state index is 12.8. The first kappa shape index (κ1) is 21.1. The highest BCUT2D eigenvalue weighted by molar-refractivity contribution is 9.10. The third-order valence-electron chi connectivity index (χ3n) is 4.94. The lowest BCUT2D eigenvalue weighted by molar-refractivity contribution is -0.139. The number of carbonyl (C=O) groups is 1. The highest BCUT2D eigenvalue weighted by atomic mass is 79.9. The molecule has 1 atom stereocenters. The number of nitrogens with one attached hydrogen (secondary N) is 1. The van der Waals surface area contributed by atoms with E-state index >= 15 is 0 Å². The van der Waals surface area contributed by atoms with Crippen LogP contribution < -0.4 is 10.1 Å². The van der Waals surface area contributed by atoms with E-state index in [9.17, 15) is 4.79 Å². The van der Waals surface area contributed by atoms with Gasteiger partial charge in [0.2, 0.25) is 5.95 Å². The summed E-state index contributed by atoms with van der Waals surface area (Å²) in [7, 11) is 0. The molecule has 1 aliphatic rings. The average molecular weight is 483 g/mol. The second kappa shape index (κ2) is 9.34. The van der Waals surface area contributed by atoms with Crippen molar-refractivity contribution in [2.24, 2.45) is 0 Å². The zero-order chi connectivity index (χ0) is 21.8. The van der Waals surface area contributed by atoms with E-state index < -0.39 is 6.04 Å². The van der Waals surface area contributed by atoms with Gasteiger partial charge in [-0.3, -0.25) is 0 Å². The van der Waals surface area contributed by atoms with Gasteiger partial charge in [-0.1, -0.05) is 47.1 Å². The molecule has 160 valence electrons. The highest BCUT2D eigenvalue weighted by Crippen LogP contribution is 2.35. The molecule has 2 aromatic carbocycles. The van der Waals surface area contributed by atoms with Crippen molar-refractivity contribution in [1.29, 1.82) is 0 Å². The summed E-state index contributed by atoms with van der Waals surface area (Å²) in [6.07, 6.45) is 2.23. The number of rotatable bonds is 7. The quantitative estimate of drug-likeness (QED) is 0.484. The summed E-state index contributed by atoms with van der Waals surface area (Å²) in [6, 6.07) is 15.3. The third kappa shape index (κ3) is 4.64. The number of nitrogens with zero attached hydrogens (tertiary/aromatic N) is 3. The Balaban J connectivity index is 1.58. The molecule has 4 rings (SSSR count). The van der Waals surface area contributed by atoms with Gasteiger partial charge in [-0.2, -0.15) is 10.1 Å². The van der Waals surface area contributed by atoms with Crippen LogP contribution in [0.5, 0.6) is 5.75 Å². The van der Waals surface area contributed by atoms with Crippen LogP contribution in [0, 0.1) is 0 Å². The number of halogens is 1. The van der Waals surface area contributed by atoms with Gasteiger partial charge >= 0.3 is 5.97 Å². The molecule has 8 heteroatoms. The normalized spacial score (nSPS) is 15.3. The monoisotopic (exact) mass is 482 g/mol. The predicted molar refractivity (Wildman–Crippen MR) is 121 cm³/mol. The summed E-state index contributed by atoms with van der Waals surface area (Å²) >= 11 is 3.47. The van der Waals surface area contributed by atoms with E-state index in [1.807, 2.05) is 62.4 Å². The van der Waals surface area contributed by atoms with Crippen molar-refractivity contribution >= 4 is 27.8 Å². The molecule has 0 spiro atoms. The fourth-order valence-corrected chi connectivity index (χ4v) is 3.92. The maximum Gasteiger partial charge on any atom is 0.338 e. The third-order valence-corrected chi connectivity index (χ3v) is 5.44. The first-order chi connectivity index (χ1) is 15.1. The van der Waals surface area contributed by atoms with Crippen molar-refractivity contribution in [3.05, 3.63) is 81.7 Å². The summed E-state index contributed by atoms with van der Waals surface area (Å²) < 4.78 is 14.1. The molecule has 0 radical (unpaired) electrons. The Morgan fingerprint density at radius 3 is 2.77 bits per heavy atom. The van der Waals surface area contributed by atoms with Crippen molar-refractivity contribution in [1.82, 2.24) is 14.8 Å². The lowest BCUT2D eigenvalue weighted by atomic mass is 9.96. The highest BCUT2D eigenvalue weighted by Gasteiger charge is 2.34. The summed E-state index contributed by atoms with van der Waals surface area (Å²) in [6.45, 7) is 4.65. The molecule has 7 nitrogen and oxygen atoms in total. The van der Waals surface area contributed by atoms with E-state index in [0.717, 1.165) is 27.8 Å². The van der Waals surface area contributed by atoms with Crippen LogP contribution in [-0.2, 0) is 16.1 Å². The van der Waals surface area contributed by atoms with E-state index in [4.69, 9.17) is 9.47 Å². The molecule has 0 saturated heterocycles. The van der Waals surface area contributed by atoms with E-state index in [-0.39, 0.29) is 5.97 Å². The van der Waals surface area contributed by atoms with Crippen molar-refractivity contribution < 1.29 is 14.3 Å². The number of allylic oxidation sites excluding steroid dienone is 1. The van der Waals surface area contributed by atoms with Gasteiger partial charge in [0, 0.05) is 10.2 Å². The maximum atomic E-state index is 12.8. The summed E-state index contributed by atoms with van der Waals surface area (Å²) in [4.78, 5) is 17.1. The van der Waals surface area contributed by atoms with Crippen LogP contribution in [-0.4, -0.2) is 27.3 Å². The smallest absolute Gasteiger partial charge is 0.338 e. The number of hydrogen-bond donors (Lipinski definition) is 1. The standard InChI is InChI=1S/C23H23BrN4O3/c1-3-11-30-22(29)20-15(2)27-23-25-14-26-28(23)21(20)17-7-9-19(10-8-17)31-13-16-5-4-6-18(24)12-16/h4-10,12,14,21H,3,11,13H2,1-2H3,(H,25,26,27). The SMILES string of the molecule is CCCOC(=O)C1=C(C)Nc2ncnn2C1c1ccc(OCc2cccc(Br)c2)cc1. The van der Waals surface area contributed by atoms with Crippen LogP contribution in [0.25, 0.3) is 0 Å². The lowest BCUT2D eigenvalue weighted by Gasteiger charge is -2.28. The van der Waals surface area contributed by atoms with Gasteiger partial charge < -0.3 is 14.8 Å². The van der Waals surface area contributed by atoms with Gasteiger partial charge in [0.05, 0.1) is 12.2 Å². The van der Waals surface area contributed by atoms with Gasteiger partial charge in [0.15, 0.2) is 0 Å². The van der Waals surface area contributed by atoms with E-state index in [1.165, 1.54) is 6.33 Å². The Bertz CT molecular complexity index is 1110. The van der Waals surface area contributed by atoms with Gasteiger partial charge in [0.25, 0.3) is 0 Å². The molecule has 1 N–H and O–H groups in total. The lowest BCUT2D eigenvalue weighted by Crippen LogP contribution is -2.29. The molecule has 31 heavy (non-hydrogen) atoms. The van der Waals surface area contributed by atoms with E-state index in [1.54, 1.807) is 4.68 Å². The summed E-state index contributed by atoms with van der Waals surface area (Å²) in [5, 5.41) is 7.48. The fraction of sp³-hybridized carbons (Fsp3) is 0.261. The van der Waals surface area contributed by atoms with Gasteiger partial charge in [-0.15, -0.1) is 0 Å². The zero-order valence-corrected chi connectivity index (χ0v) is 18.9. The molecule has 1 unspecified atom stereocenters. The number of fused-ring (bicyclic) bond motifs is 1. The van der Waals surface area contributed by atoms with Gasteiger partial charge in [-0.25, -0.2) is 9.48 Å². The fourth-order valence-electron chi connectivity index (χ4n) is 3.48. The molecule has 2 heterocycles. The van der Waals surface area contributed by atoms with Crippen molar-refractivity contribution in [2.45, 2.75) is 32.9 Å². The van der Waals surface area contributed by atoms with Crippen LogP contribution >= 0.6 is 15.9 Å². The van der Waals surface area contributed by atoms with Crippen LogP contribution in [0.15, 0.2) is 70.6 Å². The zero-order valence-electron chi connectivity index (χ0n) is 17.3. The van der Waals surface area contributed by atoms with Crippen molar-refractivity contribution in [3.8, 4) is 5.75 Å². The van der Waals surface area contributed by atoms with Gasteiger partial charge in [-0.05, 0) is 48.7 Å². The summed E-state index contributed by atoms with van der Waals surface area (Å²) in [5.74, 6) is 0.977. The Morgan fingerprint density at radius 2 is 2.03 bits per heavy atom. The minimum Gasteiger partial charge on any atom is -0.489 e. The number of carbonyl (C=O) groups excluding carboxylic acids is 1. The predicted octanol–water partition coefficient (Wildman–Crippen LogP) is 4.86. The molecule has 1 aromatic heterocycles. The number of hydrogen-bond acceptors (Lipinski definition) is 6. The molecule has 0 amide bonds. The Morgan fingerprint density at radius 1 is 1.23 bits per heavy atom. The number of aromatic nitrogens is 3. The first-order valence-electron chi connectivity index (χ1n) is 10.1.